The second kappa shape index (κ2) is 10.2. The SMILES string of the molecule is CN(C)c1ccc([P+](Cc2ccccc2)(c2ccccc2)c2ccccc2)cc1.[I-]. The number of rotatable bonds is 6. The number of halogens is 1. The van der Waals surface area contributed by atoms with E-state index in [1.165, 1.54) is 27.2 Å². The van der Waals surface area contributed by atoms with Crippen LogP contribution in [-0.2, 0) is 6.16 Å². The Labute approximate surface area is 198 Å². The highest BCUT2D eigenvalue weighted by Crippen LogP contribution is 2.58. The summed E-state index contributed by atoms with van der Waals surface area (Å²) in [5, 5.41) is 4.27. The largest absolute Gasteiger partial charge is 1.00 e. The van der Waals surface area contributed by atoms with Gasteiger partial charge in [-0.1, -0.05) is 66.7 Å². The highest BCUT2D eigenvalue weighted by molar-refractivity contribution is 7.95. The fourth-order valence-electron chi connectivity index (χ4n) is 3.95. The molecule has 4 aromatic carbocycles. The summed E-state index contributed by atoms with van der Waals surface area (Å²) >= 11 is 0. The van der Waals surface area contributed by atoms with Gasteiger partial charge >= 0.3 is 0 Å². The average molecular weight is 523 g/mol. The highest BCUT2D eigenvalue weighted by Gasteiger charge is 2.45. The molecule has 0 aliphatic carbocycles. The van der Waals surface area contributed by atoms with Crippen LogP contribution in [0.3, 0.4) is 0 Å². The van der Waals surface area contributed by atoms with Crippen LogP contribution in [0, 0.1) is 0 Å². The Bertz CT molecular complexity index is 993. The van der Waals surface area contributed by atoms with Crippen LogP contribution >= 0.6 is 7.26 Å². The third-order valence-corrected chi connectivity index (χ3v) is 9.84. The van der Waals surface area contributed by atoms with Gasteiger partial charge in [0.25, 0.3) is 0 Å². The van der Waals surface area contributed by atoms with E-state index >= 15 is 0 Å². The molecule has 3 heteroatoms. The molecule has 0 aliphatic rings. The van der Waals surface area contributed by atoms with Crippen LogP contribution in [0.15, 0.2) is 115 Å². The first kappa shape index (κ1) is 22.5. The minimum absolute atomic E-state index is 0. The van der Waals surface area contributed by atoms with Gasteiger partial charge in [0.2, 0.25) is 0 Å². The van der Waals surface area contributed by atoms with Gasteiger partial charge in [-0.15, -0.1) is 0 Å². The molecular formula is C27H27INP. The van der Waals surface area contributed by atoms with E-state index in [9.17, 15) is 0 Å². The molecule has 0 spiro atoms. The minimum Gasteiger partial charge on any atom is -1.00 e. The van der Waals surface area contributed by atoms with Gasteiger partial charge in [0.1, 0.15) is 23.2 Å². The summed E-state index contributed by atoms with van der Waals surface area (Å²) < 4.78 is 0. The summed E-state index contributed by atoms with van der Waals surface area (Å²) in [7, 11) is 2.34. The zero-order valence-electron chi connectivity index (χ0n) is 17.4. The second-order valence-electron chi connectivity index (χ2n) is 7.54. The molecule has 0 radical (unpaired) electrons. The summed E-state index contributed by atoms with van der Waals surface area (Å²) in [6.07, 6.45) is 1.02. The van der Waals surface area contributed by atoms with E-state index in [4.69, 9.17) is 0 Å². The smallest absolute Gasteiger partial charge is 0.116 e. The molecule has 0 bridgehead atoms. The van der Waals surface area contributed by atoms with E-state index in [0.717, 1.165) is 6.16 Å². The van der Waals surface area contributed by atoms with Crippen molar-refractivity contribution in [2.45, 2.75) is 6.16 Å². The first-order valence-electron chi connectivity index (χ1n) is 10.0. The molecule has 0 N–H and O–H groups in total. The van der Waals surface area contributed by atoms with E-state index in [2.05, 4.69) is 134 Å². The van der Waals surface area contributed by atoms with Gasteiger partial charge in [-0.25, -0.2) is 0 Å². The Hall–Kier alpha value is -2.16. The van der Waals surface area contributed by atoms with Crippen molar-refractivity contribution in [3.05, 3.63) is 121 Å². The van der Waals surface area contributed by atoms with E-state index < -0.39 is 7.26 Å². The molecule has 0 aliphatic heterocycles. The summed E-state index contributed by atoms with van der Waals surface area (Å²) in [4.78, 5) is 2.16. The lowest BCUT2D eigenvalue weighted by atomic mass is 10.2. The fourth-order valence-corrected chi connectivity index (χ4v) is 8.17. The third kappa shape index (κ3) is 4.61. The lowest BCUT2D eigenvalue weighted by Gasteiger charge is -2.28. The van der Waals surface area contributed by atoms with Crippen molar-refractivity contribution < 1.29 is 24.0 Å². The maximum Gasteiger partial charge on any atom is 0.116 e. The Balaban J connectivity index is 0.00000256. The van der Waals surface area contributed by atoms with Crippen LogP contribution in [0.4, 0.5) is 5.69 Å². The second-order valence-corrected chi connectivity index (χ2v) is 11.0. The molecule has 0 unspecified atom stereocenters. The van der Waals surface area contributed by atoms with Crippen LogP contribution in [-0.4, -0.2) is 14.1 Å². The number of anilines is 1. The quantitative estimate of drug-likeness (QED) is 0.277. The maximum atomic E-state index is 2.34. The Kier molecular flexibility index (Phi) is 7.69. The van der Waals surface area contributed by atoms with Crippen molar-refractivity contribution in [2.24, 2.45) is 0 Å². The Morgan fingerprint density at radius 3 is 1.37 bits per heavy atom. The normalized spacial score (nSPS) is 10.9. The van der Waals surface area contributed by atoms with Gasteiger partial charge in [-0.2, -0.15) is 0 Å². The zero-order chi connectivity index (χ0) is 20.1. The van der Waals surface area contributed by atoms with E-state index in [0.29, 0.717) is 0 Å². The van der Waals surface area contributed by atoms with Crippen molar-refractivity contribution in [2.75, 3.05) is 19.0 Å². The van der Waals surface area contributed by atoms with Gasteiger partial charge in [-0.05, 0) is 54.1 Å². The molecule has 0 atom stereocenters. The van der Waals surface area contributed by atoms with Crippen molar-refractivity contribution in [3.63, 3.8) is 0 Å². The monoisotopic (exact) mass is 523 g/mol. The van der Waals surface area contributed by atoms with Crippen LogP contribution in [0.2, 0.25) is 0 Å². The molecule has 1 nitrogen and oxygen atoms in total. The molecule has 4 aromatic rings. The van der Waals surface area contributed by atoms with Gasteiger partial charge in [-0.3, -0.25) is 0 Å². The van der Waals surface area contributed by atoms with E-state index in [1.54, 1.807) is 0 Å². The van der Waals surface area contributed by atoms with E-state index in [-0.39, 0.29) is 24.0 Å². The summed E-state index contributed by atoms with van der Waals surface area (Å²) in [5.41, 5.74) is 2.61. The van der Waals surface area contributed by atoms with Gasteiger partial charge in [0.05, 0.1) is 6.16 Å². The fraction of sp³-hybridized carbons (Fsp3) is 0.111. The zero-order valence-corrected chi connectivity index (χ0v) is 20.5. The van der Waals surface area contributed by atoms with Crippen LogP contribution in [0.25, 0.3) is 0 Å². The first-order chi connectivity index (χ1) is 14.2. The van der Waals surface area contributed by atoms with Crippen molar-refractivity contribution in [3.8, 4) is 0 Å². The number of benzene rings is 4. The lowest BCUT2D eigenvalue weighted by molar-refractivity contribution is -0.00000573. The van der Waals surface area contributed by atoms with Crippen molar-refractivity contribution >= 4 is 28.9 Å². The topological polar surface area (TPSA) is 3.24 Å². The van der Waals surface area contributed by atoms with Crippen LogP contribution in [0.1, 0.15) is 5.56 Å². The predicted molar refractivity (Wildman–Crippen MR) is 130 cm³/mol. The number of hydrogen-bond donors (Lipinski definition) is 0. The highest BCUT2D eigenvalue weighted by atomic mass is 127. The van der Waals surface area contributed by atoms with Crippen molar-refractivity contribution in [1.29, 1.82) is 0 Å². The molecule has 0 amide bonds. The lowest BCUT2D eigenvalue weighted by Crippen LogP contribution is -3.00. The Morgan fingerprint density at radius 1 is 0.533 bits per heavy atom. The van der Waals surface area contributed by atoms with E-state index in [1.807, 2.05) is 0 Å². The molecular weight excluding hydrogens is 496 g/mol. The molecule has 152 valence electrons. The van der Waals surface area contributed by atoms with Crippen molar-refractivity contribution in [1.82, 2.24) is 0 Å². The number of hydrogen-bond acceptors (Lipinski definition) is 1. The average Bonchev–Trinajstić information content (AvgIpc) is 2.79. The molecule has 0 saturated heterocycles. The van der Waals surface area contributed by atoms with Crippen LogP contribution < -0.4 is 44.8 Å². The third-order valence-electron chi connectivity index (χ3n) is 5.46. The summed E-state index contributed by atoms with van der Waals surface area (Å²) in [5.74, 6) is 0. The molecule has 0 heterocycles. The molecule has 0 aromatic heterocycles. The summed E-state index contributed by atoms with van der Waals surface area (Å²) in [6, 6.07) is 42.2. The minimum atomic E-state index is -1.84. The Morgan fingerprint density at radius 2 is 0.933 bits per heavy atom. The molecule has 4 rings (SSSR count). The number of nitrogens with zero attached hydrogens (tertiary/aromatic N) is 1. The first-order valence-corrected chi connectivity index (χ1v) is 12.0. The summed E-state index contributed by atoms with van der Waals surface area (Å²) in [6.45, 7) is 0. The van der Waals surface area contributed by atoms with Gasteiger partial charge < -0.3 is 28.9 Å². The standard InChI is InChI=1S/C27H27NP.HI/c1-28(2)24-18-20-27(21-19-24)29(25-14-8-4-9-15-25,26-16-10-5-11-17-26)22-23-12-6-3-7-13-23;/h3-21H,22H2,1-2H3;1H/q+1;/p-1. The predicted octanol–water partition coefficient (Wildman–Crippen LogP) is 2.25. The van der Waals surface area contributed by atoms with Crippen LogP contribution in [0.5, 0.6) is 0 Å². The molecule has 30 heavy (non-hydrogen) atoms. The van der Waals surface area contributed by atoms with Gasteiger partial charge in [0.15, 0.2) is 0 Å². The van der Waals surface area contributed by atoms with Gasteiger partial charge in [0, 0.05) is 19.8 Å². The maximum absolute atomic E-state index is 2.34. The molecule has 0 saturated carbocycles. The molecule has 0 fully saturated rings.